The number of rotatable bonds is 36. The molecule has 0 aliphatic heterocycles. The Hall–Kier alpha value is -3.49. The SMILES string of the molecule is CC/C=C/C/C=C/C/C=C/C/C=C/C/C=C/C/C=C/CCCCCCC(=O)OC(COCCC(C(=O)[O-])[N+](C)(C)C)COC(=O)CC/C=C/CCCCCC. The van der Waals surface area contributed by atoms with Gasteiger partial charge in [-0.3, -0.25) is 9.59 Å². The minimum Gasteiger partial charge on any atom is -0.544 e. The first-order chi connectivity index (χ1) is 26.6. The van der Waals surface area contributed by atoms with Gasteiger partial charge in [-0.25, -0.2) is 0 Å². The molecule has 2 unspecified atom stereocenters. The van der Waals surface area contributed by atoms with E-state index in [-0.39, 0.29) is 55.5 Å². The van der Waals surface area contributed by atoms with E-state index >= 15 is 0 Å². The zero-order valence-electron chi connectivity index (χ0n) is 35.3. The standard InChI is InChI=1S/C47H77NO7/c1-6-8-10-12-14-16-17-18-19-20-21-22-23-24-25-26-27-28-29-30-32-34-36-38-46(50)55-43(41-53-40-39-44(47(51)52)48(3,4)5)42-54-45(49)37-35-33-31-15-13-11-9-7-2/h8,10,14,16,18-19,21-22,24-25,27-28,31,33,43-44H,6-7,9,11-13,15,17,20,23,26,29-30,32,34-42H2,1-5H3/b10-8+,16-14+,19-18+,22-21+,25-24+,28-27+,33-31+. The highest BCUT2D eigenvalue weighted by Crippen LogP contribution is 2.11. The van der Waals surface area contributed by atoms with E-state index in [0.29, 0.717) is 6.42 Å². The van der Waals surface area contributed by atoms with E-state index in [1.54, 1.807) is 21.1 Å². The van der Waals surface area contributed by atoms with Crippen LogP contribution in [0.1, 0.15) is 142 Å². The van der Waals surface area contributed by atoms with Crippen molar-refractivity contribution in [1.29, 1.82) is 0 Å². The van der Waals surface area contributed by atoms with Crippen LogP contribution in [0.2, 0.25) is 0 Å². The summed E-state index contributed by atoms with van der Waals surface area (Å²) in [5, 5.41) is 11.6. The van der Waals surface area contributed by atoms with Gasteiger partial charge in [-0.2, -0.15) is 0 Å². The highest BCUT2D eigenvalue weighted by Gasteiger charge is 2.25. The van der Waals surface area contributed by atoms with Gasteiger partial charge in [-0.05, 0) is 77.0 Å². The van der Waals surface area contributed by atoms with Crippen molar-refractivity contribution >= 4 is 17.9 Å². The smallest absolute Gasteiger partial charge is 0.306 e. The molecule has 0 aliphatic carbocycles. The maximum atomic E-state index is 12.7. The Morgan fingerprint density at radius 1 is 0.564 bits per heavy atom. The van der Waals surface area contributed by atoms with Gasteiger partial charge in [-0.1, -0.05) is 131 Å². The third-order valence-corrected chi connectivity index (χ3v) is 8.78. The minimum atomic E-state index is -1.14. The molecule has 55 heavy (non-hydrogen) atoms. The molecule has 0 rings (SSSR count). The first-order valence-electron chi connectivity index (χ1n) is 21.1. The van der Waals surface area contributed by atoms with E-state index in [1.807, 2.05) is 6.08 Å². The summed E-state index contributed by atoms with van der Waals surface area (Å²) in [6.45, 7) is 4.40. The average molecular weight is 768 g/mol. The van der Waals surface area contributed by atoms with E-state index in [4.69, 9.17) is 14.2 Å². The molecule has 0 aromatic rings. The molecule has 312 valence electrons. The fourth-order valence-corrected chi connectivity index (χ4v) is 5.50. The van der Waals surface area contributed by atoms with Crippen LogP contribution in [0.4, 0.5) is 0 Å². The summed E-state index contributed by atoms with van der Waals surface area (Å²) >= 11 is 0. The summed E-state index contributed by atoms with van der Waals surface area (Å²) in [6, 6.07) is -0.738. The molecule has 8 nitrogen and oxygen atoms in total. The van der Waals surface area contributed by atoms with Gasteiger partial charge >= 0.3 is 11.9 Å². The van der Waals surface area contributed by atoms with Crippen molar-refractivity contribution in [3.8, 4) is 0 Å². The number of carbonyl (C=O) groups is 3. The fourth-order valence-electron chi connectivity index (χ4n) is 5.50. The van der Waals surface area contributed by atoms with Crippen molar-refractivity contribution in [1.82, 2.24) is 0 Å². The molecule has 0 aromatic heterocycles. The fraction of sp³-hybridized carbons (Fsp3) is 0.638. The number of carboxylic acids is 1. The third-order valence-electron chi connectivity index (χ3n) is 8.78. The molecule has 0 fully saturated rings. The van der Waals surface area contributed by atoms with Crippen LogP contribution in [0, 0.1) is 0 Å². The lowest BCUT2D eigenvalue weighted by molar-refractivity contribution is -0.889. The summed E-state index contributed by atoms with van der Waals surface area (Å²) < 4.78 is 17.0. The summed E-state index contributed by atoms with van der Waals surface area (Å²) in [6.07, 6.45) is 47.8. The molecule has 0 bridgehead atoms. The van der Waals surface area contributed by atoms with Crippen LogP contribution in [0.5, 0.6) is 0 Å². The number of carboxylic acid groups (broad SMARTS) is 1. The second-order valence-electron chi connectivity index (χ2n) is 14.8. The number of unbranched alkanes of at least 4 members (excludes halogenated alkanes) is 8. The number of esters is 2. The largest absolute Gasteiger partial charge is 0.544 e. The molecule has 8 heteroatoms. The summed E-state index contributed by atoms with van der Waals surface area (Å²) in [4.78, 5) is 36.6. The van der Waals surface area contributed by atoms with Crippen LogP contribution in [0.3, 0.4) is 0 Å². The zero-order chi connectivity index (χ0) is 40.7. The van der Waals surface area contributed by atoms with Crippen LogP contribution < -0.4 is 5.11 Å². The van der Waals surface area contributed by atoms with E-state index in [1.165, 1.54) is 19.3 Å². The van der Waals surface area contributed by atoms with Crippen LogP contribution in [-0.2, 0) is 28.6 Å². The van der Waals surface area contributed by atoms with Gasteiger partial charge in [0, 0.05) is 19.3 Å². The van der Waals surface area contributed by atoms with Crippen LogP contribution in [-0.4, -0.2) is 75.5 Å². The van der Waals surface area contributed by atoms with E-state index in [0.717, 1.165) is 83.5 Å². The number of allylic oxidation sites excluding steroid dienone is 14. The van der Waals surface area contributed by atoms with Crippen LogP contribution in [0.15, 0.2) is 85.1 Å². The molecule has 0 spiro atoms. The predicted octanol–water partition coefficient (Wildman–Crippen LogP) is 10.0. The zero-order valence-corrected chi connectivity index (χ0v) is 35.3. The molecule has 0 aromatic carbocycles. The maximum absolute atomic E-state index is 12.7. The van der Waals surface area contributed by atoms with E-state index < -0.39 is 18.1 Å². The van der Waals surface area contributed by atoms with Gasteiger partial charge in [0.05, 0.1) is 40.3 Å². The van der Waals surface area contributed by atoms with Crippen LogP contribution >= 0.6 is 0 Å². The van der Waals surface area contributed by atoms with Gasteiger partial charge in [0.25, 0.3) is 0 Å². The molecule has 0 heterocycles. The molecule has 2 atom stereocenters. The third kappa shape index (κ3) is 35.9. The van der Waals surface area contributed by atoms with Gasteiger partial charge in [0.1, 0.15) is 12.6 Å². The second-order valence-corrected chi connectivity index (χ2v) is 14.8. The quantitative estimate of drug-likeness (QED) is 0.0271. The summed E-state index contributed by atoms with van der Waals surface area (Å²) in [7, 11) is 5.37. The Bertz CT molecular complexity index is 1170. The number of ether oxygens (including phenoxy) is 3. The first kappa shape index (κ1) is 51.5. The number of quaternary nitrogens is 1. The summed E-state index contributed by atoms with van der Waals surface area (Å²) in [5.41, 5.74) is 0. The lowest BCUT2D eigenvalue weighted by atomic mass is 10.1. The Kier molecular flexibility index (Phi) is 35.1. The van der Waals surface area contributed by atoms with Crippen molar-refractivity contribution in [2.45, 2.75) is 154 Å². The van der Waals surface area contributed by atoms with Crippen molar-refractivity contribution in [3.05, 3.63) is 85.1 Å². The molecule has 0 saturated carbocycles. The monoisotopic (exact) mass is 768 g/mol. The normalized spacial score (nSPS) is 13.8. The number of carbonyl (C=O) groups excluding carboxylic acids is 3. The molecule has 0 aliphatic rings. The maximum Gasteiger partial charge on any atom is 0.306 e. The topological polar surface area (TPSA) is 102 Å². The van der Waals surface area contributed by atoms with Gasteiger partial charge < -0.3 is 28.6 Å². The Labute approximate surface area is 335 Å². The Morgan fingerprint density at radius 2 is 1.05 bits per heavy atom. The number of aliphatic carboxylic acids is 1. The lowest BCUT2D eigenvalue weighted by Gasteiger charge is -2.34. The van der Waals surface area contributed by atoms with Crippen molar-refractivity contribution in [3.63, 3.8) is 0 Å². The second kappa shape index (κ2) is 37.4. The predicted molar refractivity (Wildman–Crippen MR) is 226 cm³/mol. The van der Waals surface area contributed by atoms with E-state index in [9.17, 15) is 19.5 Å². The number of nitrogens with zero attached hydrogens (tertiary/aromatic N) is 1. The first-order valence-corrected chi connectivity index (χ1v) is 21.1. The van der Waals surface area contributed by atoms with Gasteiger partial charge in [-0.15, -0.1) is 0 Å². The summed E-state index contributed by atoms with van der Waals surface area (Å²) in [5.74, 6) is -1.85. The molecular formula is C47H77NO7. The van der Waals surface area contributed by atoms with Gasteiger partial charge in [0.2, 0.25) is 0 Å². The van der Waals surface area contributed by atoms with Crippen molar-refractivity contribution < 1.29 is 38.2 Å². The molecule has 0 N–H and O–H groups in total. The molecule has 0 saturated heterocycles. The van der Waals surface area contributed by atoms with Crippen molar-refractivity contribution in [2.75, 3.05) is 41.0 Å². The Morgan fingerprint density at radius 3 is 1.58 bits per heavy atom. The number of hydrogen-bond acceptors (Lipinski definition) is 7. The highest BCUT2D eigenvalue weighted by molar-refractivity contribution is 5.70. The van der Waals surface area contributed by atoms with E-state index in [2.05, 4.69) is 92.8 Å². The molecule has 0 radical (unpaired) electrons. The lowest BCUT2D eigenvalue weighted by Crippen LogP contribution is -2.55. The number of likely N-dealkylation sites (N-methyl/N-ethyl adjacent to an activating group) is 1. The van der Waals surface area contributed by atoms with Gasteiger partial charge in [0.15, 0.2) is 6.10 Å². The Balaban J connectivity index is 4.37. The highest BCUT2D eigenvalue weighted by atomic mass is 16.6. The molecule has 0 amide bonds. The van der Waals surface area contributed by atoms with Crippen LogP contribution in [0.25, 0.3) is 0 Å². The average Bonchev–Trinajstić information content (AvgIpc) is 3.14. The molecular weight excluding hydrogens is 691 g/mol. The minimum absolute atomic E-state index is 0.0134. The number of hydrogen-bond donors (Lipinski definition) is 0. The van der Waals surface area contributed by atoms with Crippen molar-refractivity contribution in [2.24, 2.45) is 0 Å².